The van der Waals surface area contributed by atoms with Crippen molar-refractivity contribution >= 4 is 23.3 Å². The topological polar surface area (TPSA) is 93.7 Å². The number of anilines is 2. The van der Waals surface area contributed by atoms with Crippen LogP contribution in [0.4, 0.5) is 11.4 Å². The molecule has 1 atom stereocenters. The summed E-state index contributed by atoms with van der Waals surface area (Å²) in [6, 6.07) is 18.0. The number of H-pyrrole nitrogens is 1. The van der Waals surface area contributed by atoms with Crippen LogP contribution < -0.4 is 15.4 Å². The molecule has 1 aliphatic heterocycles. The highest BCUT2D eigenvalue weighted by molar-refractivity contribution is 6.09. The van der Waals surface area contributed by atoms with Gasteiger partial charge in [-0.15, -0.1) is 0 Å². The van der Waals surface area contributed by atoms with E-state index in [0.29, 0.717) is 17.8 Å². The predicted octanol–water partition coefficient (Wildman–Crippen LogP) is 3.08. The molecule has 2 N–H and O–H groups in total. The molecule has 0 bridgehead atoms. The van der Waals surface area contributed by atoms with Gasteiger partial charge in [0, 0.05) is 37.6 Å². The molecule has 0 saturated carbocycles. The summed E-state index contributed by atoms with van der Waals surface area (Å²) in [6.45, 7) is 0. The fraction of sp³-hybridized carbons (Fsp3) is 0.174. The van der Waals surface area contributed by atoms with Crippen LogP contribution in [-0.4, -0.2) is 36.1 Å². The van der Waals surface area contributed by atoms with Gasteiger partial charge in [0.25, 0.3) is 11.5 Å². The number of amides is 1. The van der Waals surface area contributed by atoms with Gasteiger partial charge in [0.1, 0.15) is 5.56 Å². The molecule has 7 nitrogen and oxygen atoms in total. The highest BCUT2D eigenvalue weighted by Crippen LogP contribution is 2.36. The molecule has 7 heteroatoms. The Morgan fingerprint density at radius 1 is 1.07 bits per heavy atom. The lowest BCUT2D eigenvalue weighted by atomic mass is 9.91. The molecular weight excluding hydrogens is 382 g/mol. The molecule has 1 unspecified atom stereocenters. The quantitative estimate of drug-likeness (QED) is 0.698. The number of carboxylic acids is 1. The van der Waals surface area contributed by atoms with E-state index >= 15 is 0 Å². The van der Waals surface area contributed by atoms with Crippen LogP contribution in [0.15, 0.2) is 65.5 Å². The fourth-order valence-corrected chi connectivity index (χ4v) is 3.78. The number of nitrogens with one attached hydrogen (secondary N) is 1. The Labute approximate surface area is 173 Å². The second-order valence-corrected chi connectivity index (χ2v) is 7.43. The van der Waals surface area contributed by atoms with Crippen LogP contribution in [0.5, 0.6) is 0 Å². The van der Waals surface area contributed by atoms with E-state index in [4.69, 9.17) is 0 Å². The molecule has 3 aromatic rings. The van der Waals surface area contributed by atoms with Crippen molar-refractivity contribution < 1.29 is 14.7 Å². The average Bonchev–Trinajstić information content (AvgIpc) is 2.73. The Kier molecular flexibility index (Phi) is 4.87. The molecule has 152 valence electrons. The summed E-state index contributed by atoms with van der Waals surface area (Å²) < 4.78 is 0. The van der Waals surface area contributed by atoms with Crippen molar-refractivity contribution in [2.45, 2.75) is 12.5 Å². The maximum Gasteiger partial charge on any atom is 0.341 e. The number of aromatic nitrogens is 1. The number of carbonyl (C=O) groups is 2. The van der Waals surface area contributed by atoms with Gasteiger partial charge >= 0.3 is 5.97 Å². The lowest BCUT2D eigenvalue weighted by Crippen LogP contribution is -2.42. The van der Waals surface area contributed by atoms with Crippen LogP contribution in [0, 0.1) is 0 Å². The molecule has 1 aromatic heterocycles. The number of rotatable bonds is 4. The van der Waals surface area contributed by atoms with Crippen LogP contribution >= 0.6 is 0 Å². The van der Waals surface area contributed by atoms with Crippen LogP contribution in [0.2, 0.25) is 0 Å². The van der Waals surface area contributed by atoms with Gasteiger partial charge in [-0.3, -0.25) is 9.59 Å². The van der Waals surface area contributed by atoms with Gasteiger partial charge in [-0.2, -0.15) is 0 Å². The Balaban J connectivity index is 1.86. The van der Waals surface area contributed by atoms with E-state index in [0.717, 1.165) is 11.3 Å². The number of hydrogen-bond acceptors (Lipinski definition) is 4. The lowest BCUT2D eigenvalue weighted by Gasteiger charge is -2.37. The second kappa shape index (κ2) is 7.51. The first kappa shape index (κ1) is 19.4. The molecule has 0 radical (unpaired) electrons. The molecule has 0 spiro atoms. The van der Waals surface area contributed by atoms with Crippen LogP contribution in [0.3, 0.4) is 0 Å². The van der Waals surface area contributed by atoms with Gasteiger partial charge in [-0.1, -0.05) is 30.3 Å². The molecule has 1 amide bonds. The molecule has 2 heterocycles. The Morgan fingerprint density at radius 3 is 2.33 bits per heavy atom. The van der Waals surface area contributed by atoms with E-state index in [1.807, 2.05) is 73.6 Å². The Bertz CT molecular complexity index is 1170. The number of benzene rings is 2. The summed E-state index contributed by atoms with van der Waals surface area (Å²) in [7, 11) is 3.91. The molecule has 0 fully saturated rings. The van der Waals surface area contributed by atoms with Crippen LogP contribution in [0.1, 0.15) is 38.0 Å². The third-order valence-corrected chi connectivity index (χ3v) is 5.34. The van der Waals surface area contributed by atoms with Crippen molar-refractivity contribution in [3.05, 3.63) is 93.4 Å². The van der Waals surface area contributed by atoms with Crippen LogP contribution in [-0.2, 0) is 6.42 Å². The van der Waals surface area contributed by atoms with Gasteiger partial charge in [0.15, 0.2) is 0 Å². The monoisotopic (exact) mass is 403 g/mol. The van der Waals surface area contributed by atoms with Crippen molar-refractivity contribution in [3.63, 3.8) is 0 Å². The molecule has 1 aliphatic rings. The van der Waals surface area contributed by atoms with E-state index in [-0.39, 0.29) is 17.5 Å². The van der Waals surface area contributed by atoms with E-state index in [1.165, 1.54) is 6.07 Å². The number of aromatic carboxylic acids is 1. The van der Waals surface area contributed by atoms with Crippen molar-refractivity contribution in [2.75, 3.05) is 23.9 Å². The zero-order valence-corrected chi connectivity index (χ0v) is 16.6. The number of para-hydroxylation sites is 1. The zero-order valence-electron chi connectivity index (χ0n) is 16.6. The predicted molar refractivity (Wildman–Crippen MR) is 114 cm³/mol. The lowest BCUT2D eigenvalue weighted by molar-refractivity contribution is 0.0695. The summed E-state index contributed by atoms with van der Waals surface area (Å²) in [6.07, 6.45) is 0.367. The highest BCUT2D eigenvalue weighted by atomic mass is 16.4. The third kappa shape index (κ3) is 3.34. The first-order valence-corrected chi connectivity index (χ1v) is 9.52. The van der Waals surface area contributed by atoms with Crippen molar-refractivity contribution in [1.82, 2.24) is 4.98 Å². The minimum absolute atomic E-state index is 0.206. The summed E-state index contributed by atoms with van der Waals surface area (Å²) in [5.41, 5.74) is 2.17. The minimum atomic E-state index is -1.36. The number of aromatic amines is 1. The SMILES string of the molecule is CN(C)c1ccc(C2Cc3[nH]c(=O)c(C(=O)O)cc3C(=O)N2c2ccccc2)cc1. The number of nitrogens with zero attached hydrogens (tertiary/aromatic N) is 2. The Morgan fingerprint density at radius 2 is 1.73 bits per heavy atom. The number of hydrogen-bond donors (Lipinski definition) is 2. The second-order valence-electron chi connectivity index (χ2n) is 7.43. The number of pyridine rings is 1. The molecule has 4 rings (SSSR count). The molecule has 30 heavy (non-hydrogen) atoms. The number of carbonyl (C=O) groups excluding carboxylic acids is 1. The van der Waals surface area contributed by atoms with E-state index in [2.05, 4.69) is 4.98 Å². The van der Waals surface area contributed by atoms with Crippen molar-refractivity contribution in [2.24, 2.45) is 0 Å². The third-order valence-electron chi connectivity index (χ3n) is 5.34. The molecule has 0 saturated heterocycles. The van der Waals surface area contributed by atoms with E-state index < -0.39 is 17.1 Å². The first-order chi connectivity index (χ1) is 14.4. The van der Waals surface area contributed by atoms with E-state index in [9.17, 15) is 19.5 Å². The summed E-state index contributed by atoms with van der Waals surface area (Å²) in [5, 5.41) is 9.29. The largest absolute Gasteiger partial charge is 0.477 e. The normalized spacial score (nSPS) is 15.6. The summed E-state index contributed by atoms with van der Waals surface area (Å²) >= 11 is 0. The molecule has 2 aromatic carbocycles. The zero-order chi connectivity index (χ0) is 21.4. The number of fused-ring (bicyclic) bond motifs is 1. The standard InChI is InChI=1S/C23H21N3O4/c1-25(2)15-10-8-14(9-11-15)20-13-19-17(12-18(23(29)30)21(27)24-19)22(28)26(20)16-6-4-3-5-7-16/h3-12,20H,13H2,1-2H3,(H,24,27)(H,29,30). The fourth-order valence-electron chi connectivity index (χ4n) is 3.78. The summed E-state index contributed by atoms with van der Waals surface area (Å²) in [4.78, 5) is 43.3. The van der Waals surface area contributed by atoms with Crippen LogP contribution in [0.25, 0.3) is 0 Å². The number of carboxylic acid groups (broad SMARTS) is 1. The summed E-state index contributed by atoms with van der Waals surface area (Å²) in [5.74, 6) is -1.71. The molecule has 0 aliphatic carbocycles. The maximum atomic E-state index is 13.5. The van der Waals surface area contributed by atoms with Crippen molar-refractivity contribution in [3.8, 4) is 0 Å². The van der Waals surface area contributed by atoms with Gasteiger partial charge in [0.05, 0.1) is 11.6 Å². The first-order valence-electron chi connectivity index (χ1n) is 9.52. The molecular formula is C23H21N3O4. The Hall–Kier alpha value is -3.87. The van der Waals surface area contributed by atoms with Gasteiger partial charge < -0.3 is 19.9 Å². The van der Waals surface area contributed by atoms with Gasteiger partial charge in [-0.05, 0) is 35.9 Å². The minimum Gasteiger partial charge on any atom is -0.477 e. The van der Waals surface area contributed by atoms with E-state index in [1.54, 1.807) is 4.90 Å². The smallest absolute Gasteiger partial charge is 0.341 e. The maximum absolute atomic E-state index is 13.5. The van der Waals surface area contributed by atoms with Gasteiger partial charge in [-0.25, -0.2) is 4.79 Å². The highest BCUT2D eigenvalue weighted by Gasteiger charge is 2.36. The average molecular weight is 403 g/mol. The van der Waals surface area contributed by atoms with Crippen molar-refractivity contribution in [1.29, 1.82) is 0 Å². The van der Waals surface area contributed by atoms with Gasteiger partial charge in [0.2, 0.25) is 0 Å².